The van der Waals surface area contributed by atoms with Gasteiger partial charge in [0.1, 0.15) is 6.04 Å². The summed E-state index contributed by atoms with van der Waals surface area (Å²) in [6.07, 6.45) is 21.8. The van der Waals surface area contributed by atoms with Gasteiger partial charge in [-0.2, -0.15) is 0 Å². The van der Waals surface area contributed by atoms with Crippen LogP contribution in [0.1, 0.15) is 129 Å². The Kier molecular flexibility index (Phi) is 15.9. The first-order valence-corrected chi connectivity index (χ1v) is 12.6. The third-order valence-corrected chi connectivity index (χ3v) is 6.17. The Hall–Kier alpha value is -1.06. The third-order valence-electron chi connectivity index (χ3n) is 6.17. The Bertz CT molecular complexity index is 424. The molecule has 1 rings (SSSR count). The number of rotatable bonds is 19. The Morgan fingerprint density at radius 2 is 1.34 bits per heavy atom. The molecule has 1 amide bonds. The number of esters is 1. The van der Waals surface area contributed by atoms with Crippen LogP contribution in [0.15, 0.2) is 0 Å². The predicted molar refractivity (Wildman–Crippen MR) is 121 cm³/mol. The van der Waals surface area contributed by atoms with Crippen molar-refractivity contribution in [2.24, 2.45) is 5.92 Å². The van der Waals surface area contributed by atoms with Crippen molar-refractivity contribution in [1.29, 1.82) is 0 Å². The Morgan fingerprint density at radius 3 is 1.79 bits per heavy atom. The summed E-state index contributed by atoms with van der Waals surface area (Å²) in [5, 5.41) is 2.72. The van der Waals surface area contributed by atoms with Gasteiger partial charge in [-0.05, 0) is 25.2 Å². The van der Waals surface area contributed by atoms with Crippen LogP contribution in [-0.4, -0.2) is 24.5 Å². The number of hydrogen-bond acceptors (Lipinski definition) is 3. The molecular weight excluding hydrogens is 362 g/mol. The summed E-state index contributed by atoms with van der Waals surface area (Å²) in [6.45, 7) is 5.04. The van der Waals surface area contributed by atoms with Crippen LogP contribution in [0.4, 0.5) is 0 Å². The number of carbonyl (C=O) groups excluding carboxylic acids is 2. The van der Waals surface area contributed by atoms with E-state index in [0.29, 0.717) is 25.4 Å². The van der Waals surface area contributed by atoms with E-state index in [1.807, 2.05) is 0 Å². The van der Waals surface area contributed by atoms with Gasteiger partial charge in [-0.1, -0.05) is 104 Å². The molecule has 1 saturated heterocycles. The van der Waals surface area contributed by atoms with Crippen LogP contribution in [0.2, 0.25) is 0 Å². The fraction of sp³-hybridized carbons (Fsp3) is 0.920. The monoisotopic (exact) mass is 409 g/mol. The second-order valence-corrected chi connectivity index (χ2v) is 8.97. The molecule has 0 bridgehead atoms. The van der Waals surface area contributed by atoms with E-state index in [-0.39, 0.29) is 11.9 Å². The lowest BCUT2D eigenvalue weighted by Gasteiger charge is -2.18. The normalized spacial score (nSPS) is 17.3. The van der Waals surface area contributed by atoms with Crippen molar-refractivity contribution >= 4 is 11.9 Å². The van der Waals surface area contributed by atoms with E-state index < -0.39 is 6.04 Å². The maximum absolute atomic E-state index is 12.2. The van der Waals surface area contributed by atoms with E-state index in [9.17, 15) is 9.59 Å². The summed E-state index contributed by atoms with van der Waals surface area (Å²) in [4.78, 5) is 23.5. The molecule has 0 aromatic rings. The standard InChI is InChI=1S/C25H47NO3/c1-3-5-7-9-11-12-14-16-18-22(17-15-13-10-8-6-4-2)21-29-25(28)23-19-20-24(27)26-23/h22-23H,3-21H2,1-2H3,(H,26,27). The largest absolute Gasteiger partial charge is 0.464 e. The van der Waals surface area contributed by atoms with Crippen molar-refractivity contribution in [3.8, 4) is 0 Å². The van der Waals surface area contributed by atoms with Crippen molar-refractivity contribution in [3.63, 3.8) is 0 Å². The molecule has 170 valence electrons. The summed E-state index contributed by atoms with van der Waals surface area (Å²) in [5.74, 6) is 0.205. The first-order valence-electron chi connectivity index (χ1n) is 12.6. The number of hydrogen-bond donors (Lipinski definition) is 1. The van der Waals surface area contributed by atoms with Crippen LogP contribution in [0, 0.1) is 5.92 Å². The first kappa shape index (κ1) is 26.0. The number of carbonyl (C=O) groups is 2. The molecule has 1 fully saturated rings. The van der Waals surface area contributed by atoms with Crippen molar-refractivity contribution in [2.75, 3.05) is 6.61 Å². The van der Waals surface area contributed by atoms with Crippen LogP contribution in [0.25, 0.3) is 0 Å². The average molecular weight is 410 g/mol. The highest BCUT2D eigenvalue weighted by Gasteiger charge is 2.28. The summed E-state index contributed by atoms with van der Waals surface area (Å²) >= 11 is 0. The van der Waals surface area contributed by atoms with E-state index in [2.05, 4.69) is 19.2 Å². The average Bonchev–Trinajstić information content (AvgIpc) is 3.16. The van der Waals surface area contributed by atoms with Crippen LogP contribution >= 0.6 is 0 Å². The predicted octanol–water partition coefficient (Wildman–Crippen LogP) is 6.71. The summed E-state index contributed by atoms with van der Waals surface area (Å²) < 4.78 is 5.60. The molecule has 0 aromatic heterocycles. The second-order valence-electron chi connectivity index (χ2n) is 8.97. The highest BCUT2D eigenvalue weighted by atomic mass is 16.5. The third kappa shape index (κ3) is 13.7. The molecule has 0 aliphatic carbocycles. The Labute approximate surface area is 179 Å². The highest BCUT2D eigenvalue weighted by Crippen LogP contribution is 2.20. The number of nitrogens with one attached hydrogen (secondary N) is 1. The molecule has 2 unspecified atom stereocenters. The molecule has 0 aromatic carbocycles. The summed E-state index contributed by atoms with van der Waals surface area (Å²) in [6, 6.07) is -0.416. The minimum atomic E-state index is -0.416. The fourth-order valence-corrected chi connectivity index (χ4v) is 4.18. The lowest BCUT2D eigenvalue weighted by Crippen LogP contribution is -2.35. The lowest BCUT2D eigenvalue weighted by molar-refractivity contribution is -0.148. The quantitative estimate of drug-likeness (QED) is 0.191. The molecule has 0 radical (unpaired) electrons. The van der Waals surface area contributed by atoms with Gasteiger partial charge in [0.2, 0.25) is 5.91 Å². The van der Waals surface area contributed by atoms with Gasteiger partial charge in [-0.25, -0.2) is 4.79 Å². The topological polar surface area (TPSA) is 55.4 Å². The van der Waals surface area contributed by atoms with Gasteiger partial charge in [0.25, 0.3) is 0 Å². The van der Waals surface area contributed by atoms with Gasteiger partial charge in [0, 0.05) is 6.42 Å². The summed E-state index contributed by atoms with van der Waals surface area (Å²) in [7, 11) is 0. The van der Waals surface area contributed by atoms with Crippen molar-refractivity contribution in [1.82, 2.24) is 5.32 Å². The molecule has 2 atom stereocenters. The molecule has 29 heavy (non-hydrogen) atoms. The maximum Gasteiger partial charge on any atom is 0.328 e. The molecule has 1 aliphatic rings. The SMILES string of the molecule is CCCCCCCCCCC(CCCCCCCC)COC(=O)C1CCC(=O)N1. The number of unbranched alkanes of at least 4 members (excludes halogenated alkanes) is 12. The molecule has 0 saturated carbocycles. The van der Waals surface area contributed by atoms with E-state index in [0.717, 1.165) is 12.8 Å². The molecule has 1 aliphatic heterocycles. The zero-order valence-corrected chi connectivity index (χ0v) is 19.3. The van der Waals surface area contributed by atoms with Gasteiger partial charge in [0.05, 0.1) is 6.61 Å². The zero-order chi connectivity index (χ0) is 21.2. The van der Waals surface area contributed by atoms with E-state index in [4.69, 9.17) is 4.74 Å². The van der Waals surface area contributed by atoms with Gasteiger partial charge >= 0.3 is 5.97 Å². The Morgan fingerprint density at radius 1 is 0.862 bits per heavy atom. The first-order chi connectivity index (χ1) is 14.2. The molecule has 0 spiro atoms. The Balaban J connectivity index is 2.22. The van der Waals surface area contributed by atoms with Gasteiger partial charge < -0.3 is 10.1 Å². The number of amides is 1. The van der Waals surface area contributed by atoms with Crippen LogP contribution in [0.5, 0.6) is 0 Å². The smallest absolute Gasteiger partial charge is 0.328 e. The van der Waals surface area contributed by atoms with Crippen molar-refractivity contribution in [3.05, 3.63) is 0 Å². The van der Waals surface area contributed by atoms with Crippen molar-refractivity contribution < 1.29 is 14.3 Å². The summed E-state index contributed by atoms with van der Waals surface area (Å²) in [5.41, 5.74) is 0. The lowest BCUT2D eigenvalue weighted by atomic mass is 9.94. The molecule has 1 N–H and O–H groups in total. The minimum absolute atomic E-state index is 0.0329. The molecule has 4 nitrogen and oxygen atoms in total. The van der Waals surface area contributed by atoms with Gasteiger partial charge in [0.15, 0.2) is 0 Å². The molecule has 1 heterocycles. The zero-order valence-electron chi connectivity index (χ0n) is 19.3. The van der Waals surface area contributed by atoms with Crippen LogP contribution in [0.3, 0.4) is 0 Å². The highest BCUT2D eigenvalue weighted by molar-refractivity contribution is 5.88. The van der Waals surface area contributed by atoms with E-state index in [1.54, 1.807) is 0 Å². The number of ether oxygens (including phenoxy) is 1. The van der Waals surface area contributed by atoms with Gasteiger partial charge in [-0.15, -0.1) is 0 Å². The fourth-order valence-electron chi connectivity index (χ4n) is 4.18. The van der Waals surface area contributed by atoms with Crippen LogP contribution in [-0.2, 0) is 14.3 Å². The van der Waals surface area contributed by atoms with Crippen molar-refractivity contribution in [2.45, 2.75) is 135 Å². The van der Waals surface area contributed by atoms with Gasteiger partial charge in [-0.3, -0.25) is 4.79 Å². The van der Waals surface area contributed by atoms with E-state index >= 15 is 0 Å². The van der Waals surface area contributed by atoms with E-state index in [1.165, 1.54) is 89.9 Å². The minimum Gasteiger partial charge on any atom is -0.464 e. The molecular formula is C25H47NO3. The van der Waals surface area contributed by atoms with Crippen LogP contribution < -0.4 is 5.32 Å². The molecule has 4 heteroatoms. The second kappa shape index (κ2) is 17.8. The maximum atomic E-state index is 12.2.